The zero-order valence-electron chi connectivity index (χ0n) is 11.0. The maximum absolute atomic E-state index is 13.5. The number of rotatable bonds is 5. The molecule has 17 heavy (non-hydrogen) atoms. The Morgan fingerprint density at radius 3 is 2.59 bits per heavy atom. The van der Waals surface area contributed by atoms with Crippen molar-refractivity contribution in [1.29, 1.82) is 0 Å². The van der Waals surface area contributed by atoms with E-state index in [1.54, 1.807) is 19.1 Å². The van der Waals surface area contributed by atoms with Gasteiger partial charge in [-0.2, -0.15) is 0 Å². The van der Waals surface area contributed by atoms with Crippen LogP contribution in [0.3, 0.4) is 0 Å². The van der Waals surface area contributed by atoms with Gasteiger partial charge in [-0.05, 0) is 30.5 Å². The summed E-state index contributed by atoms with van der Waals surface area (Å²) in [6.07, 6.45) is 1.34. The molecule has 0 aromatic heterocycles. The minimum atomic E-state index is -0.810. The van der Waals surface area contributed by atoms with Crippen molar-refractivity contribution in [3.05, 3.63) is 29.6 Å². The van der Waals surface area contributed by atoms with E-state index in [4.69, 9.17) is 4.74 Å². The molecule has 0 aliphatic carbocycles. The highest BCUT2D eigenvalue weighted by Gasteiger charge is 2.27. The van der Waals surface area contributed by atoms with Gasteiger partial charge in [-0.1, -0.05) is 26.3 Å². The van der Waals surface area contributed by atoms with Crippen LogP contribution in [0.1, 0.15) is 32.8 Å². The fourth-order valence-corrected chi connectivity index (χ4v) is 1.85. The lowest BCUT2D eigenvalue weighted by Crippen LogP contribution is -2.34. The van der Waals surface area contributed by atoms with Gasteiger partial charge in [0.25, 0.3) is 0 Å². The first-order valence-electron chi connectivity index (χ1n) is 5.95. The summed E-state index contributed by atoms with van der Waals surface area (Å²) < 4.78 is 18.4. The van der Waals surface area contributed by atoms with E-state index in [0.29, 0.717) is 6.42 Å². The second-order valence-corrected chi connectivity index (χ2v) is 4.81. The van der Waals surface area contributed by atoms with Gasteiger partial charge in [0.1, 0.15) is 0 Å². The molecule has 0 fully saturated rings. The highest BCUT2D eigenvalue weighted by atomic mass is 19.1. The summed E-state index contributed by atoms with van der Waals surface area (Å²) >= 11 is 0. The maximum Gasteiger partial charge on any atom is 0.165 e. The van der Waals surface area contributed by atoms with Crippen molar-refractivity contribution in [1.82, 2.24) is 0 Å². The lowest BCUT2D eigenvalue weighted by molar-refractivity contribution is 0.00511. The molecule has 1 aromatic carbocycles. The van der Waals surface area contributed by atoms with Crippen LogP contribution in [0.2, 0.25) is 0 Å². The molecule has 0 aliphatic heterocycles. The smallest absolute Gasteiger partial charge is 0.165 e. The molecule has 1 aromatic rings. The van der Waals surface area contributed by atoms with Crippen LogP contribution in [0, 0.1) is 11.7 Å². The van der Waals surface area contributed by atoms with Crippen molar-refractivity contribution in [3.8, 4) is 5.75 Å². The zero-order chi connectivity index (χ0) is 13.1. The Kier molecular flexibility index (Phi) is 4.52. The summed E-state index contributed by atoms with van der Waals surface area (Å²) in [5.41, 5.74) is -0.0240. The summed E-state index contributed by atoms with van der Waals surface area (Å²) in [6, 6.07) is 4.81. The van der Waals surface area contributed by atoms with Gasteiger partial charge < -0.3 is 9.84 Å². The number of ether oxygens (including phenoxy) is 1. The van der Waals surface area contributed by atoms with Crippen LogP contribution >= 0.6 is 0 Å². The third kappa shape index (κ3) is 3.43. The molecule has 1 rings (SSSR count). The number of hydrogen-bond acceptors (Lipinski definition) is 2. The molecule has 0 heterocycles. The molecule has 0 radical (unpaired) electrons. The molecule has 0 spiro atoms. The van der Waals surface area contributed by atoms with Gasteiger partial charge in [-0.15, -0.1) is 0 Å². The number of aliphatic hydroxyl groups is 1. The predicted molar refractivity (Wildman–Crippen MR) is 66.7 cm³/mol. The van der Waals surface area contributed by atoms with Gasteiger partial charge in [0.15, 0.2) is 11.6 Å². The van der Waals surface area contributed by atoms with Crippen LogP contribution < -0.4 is 4.74 Å². The predicted octanol–water partition coefficient (Wildman–Crippen LogP) is 3.17. The summed E-state index contributed by atoms with van der Waals surface area (Å²) in [4.78, 5) is 0. The van der Waals surface area contributed by atoms with Crippen molar-refractivity contribution in [3.63, 3.8) is 0 Å². The molecular formula is C14H21FO2. The first-order chi connectivity index (χ1) is 7.90. The van der Waals surface area contributed by atoms with E-state index in [0.717, 1.165) is 12.0 Å². The quantitative estimate of drug-likeness (QED) is 0.856. The lowest BCUT2D eigenvalue weighted by Gasteiger charge is -2.29. The Morgan fingerprint density at radius 2 is 2.12 bits per heavy atom. The second-order valence-electron chi connectivity index (χ2n) is 4.81. The first-order valence-corrected chi connectivity index (χ1v) is 5.95. The van der Waals surface area contributed by atoms with Gasteiger partial charge >= 0.3 is 0 Å². The Balaban J connectivity index is 2.85. The molecule has 3 heteroatoms. The topological polar surface area (TPSA) is 29.5 Å². The second kappa shape index (κ2) is 5.50. The molecule has 2 unspecified atom stereocenters. The minimum absolute atomic E-state index is 0.174. The van der Waals surface area contributed by atoms with E-state index in [9.17, 15) is 9.50 Å². The van der Waals surface area contributed by atoms with E-state index < -0.39 is 5.60 Å². The zero-order valence-corrected chi connectivity index (χ0v) is 11.0. The molecule has 0 saturated carbocycles. The van der Waals surface area contributed by atoms with E-state index in [-0.39, 0.29) is 17.5 Å². The highest BCUT2D eigenvalue weighted by molar-refractivity contribution is 5.30. The van der Waals surface area contributed by atoms with Gasteiger partial charge in [0, 0.05) is 6.42 Å². The van der Waals surface area contributed by atoms with Crippen LogP contribution in [-0.2, 0) is 6.42 Å². The number of methoxy groups -OCH3 is 1. The number of halogens is 1. The molecule has 1 N–H and O–H groups in total. The summed E-state index contributed by atoms with van der Waals surface area (Å²) in [6.45, 7) is 5.83. The van der Waals surface area contributed by atoms with Crippen LogP contribution in [0.15, 0.2) is 18.2 Å². The fraction of sp³-hybridized carbons (Fsp3) is 0.571. The Hall–Kier alpha value is -1.09. The Labute approximate surface area is 102 Å². The van der Waals surface area contributed by atoms with Gasteiger partial charge in [0.2, 0.25) is 0 Å². The standard InChI is InChI=1S/C14H21FO2/c1-5-10(2)14(3,16)9-11-6-7-13(17-4)12(15)8-11/h6-8,10,16H,5,9H2,1-4H3. The van der Waals surface area contributed by atoms with E-state index in [2.05, 4.69) is 0 Å². The third-order valence-electron chi connectivity index (χ3n) is 3.45. The van der Waals surface area contributed by atoms with Crippen molar-refractivity contribution >= 4 is 0 Å². The average Bonchev–Trinajstić information content (AvgIpc) is 2.27. The molecule has 0 aliphatic rings. The normalized spacial score (nSPS) is 16.4. The van der Waals surface area contributed by atoms with E-state index >= 15 is 0 Å². The largest absolute Gasteiger partial charge is 0.494 e. The molecule has 0 saturated heterocycles. The summed E-state index contributed by atoms with van der Waals surface area (Å²) in [5.74, 6) is 0.0227. The Bertz CT molecular complexity index is 374. The third-order valence-corrected chi connectivity index (χ3v) is 3.45. The SMILES string of the molecule is CCC(C)C(C)(O)Cc1ccc(OC)c(F)c1. The molecule has 2 atom stereocenters. The van der Waals surface area contributed by atoms with Crippen LogP contribution in [0.4, 0.5) is 4.39 Å². The van der Waals surface area contributed by atoms with Gasteiger partial charge in [-0.3, -0.25) is 0 Å². The maximum atomic E-state index is 13.5. The van der Waals surface area contributed by atoms with Crippen LogP contribution in [0.25, 0.3) is 0 Å². The first kappa shape index (κ1) is 14.0. The monoisotopic (exact) mass is 240 g/mol. The van der Waals surface area contributed by atoms with Gasteiger partial charge in [-0.25, -0.2) is 4.39 Å². The number of benzene rings is 1. The fourth-order valence-electron chi connectivity index (χ4n) is 1.85. The highest BCUT2D eigenvalue weighted by Crippen LogP contribution is 2.26. The van der Waals surface area contributed by atoms with E-state index in [1.807, 2.05) is 13.8 Å². The summed E-state index contributed by atoms with van der Waals surface area (Å²) in [7, 11) is 1.44. The molecule has 0 bridgehead atoms. The number of hydrogen-bond donors (Lipinski definition) is 1. The van der Waals surface area contributed by atoms with E-state index in [1.165, 1.54) is 13.2 Å². The van der Waals surface area contributed by atoms with Crippen molar-refractivity contribution in [2.24, 2.45) is 5.92 Å². The van der Waals surface area contributed by atoms with Crippen LogP contribution in [0.5, 0.6) is 5.75 Å². The van der Waals surface area contributed by atoms with Gasteiger partial charge in [0.05, 0.1) is 12.7 Å². The Morgan fingerprint density at radius 1 is 1.47 bits per heavy atom. The van der Waals surface area contributed by atoms with Crippen LogP contribution in [-0.4, -0.2) is 17.8 Å². The average molecular weight is 240 g/mol. The molecule has 96 valence electrons. The van der Waals surface area contributed by atoms with Crippen molar-refractivity contribution in [2.45, 2.75) is 39.2 Å². The minimum Gasteiger partial charge on any atom is -0.494 e. The summed E-state index contributed by atoms with van der Waals surface area (Å²) in [5, 5.41) is 10.3. The van der Waals surface area contributed by atoms with Crippen molar-refractivity contribution < 1.29 is 14.2 Å². The molecule has 2 nitrogen and oxygen atoms in total. The lowest BCUT2D eigenvalue weighted by atomic mass is 9.83. The molecule has 0 amide bonds. The van der Waals surface area contributed by atoms with Crippen molar-refractivity contribution in [2.75, 3.05) is 7.11 Å². The molecular weight excluding hydrogens is 219 g/mol.